The van der Waals surface area contributed by atoms with Gasteiger partial charge in [-0.25, -0.2) is 0 Å². The van der Waals surface area contributed by atoms with Crippen LogP contribution in [0.15, 0.2) is 267 Å². The third-order valence-corrected chi connectivity index (χ3v) is 16.9. The van der Waals surface area contributed by atoms with Crippen LogP contribution in [-0.2, 0) is 0 Å². The van der Waals surface area contributed by atoms with Crippen LogP contribution in [0.3, 0.4) is 0 Å². The van der Waals surface area contributed by atoms with Crippen molar-refractivity contribution < 1.29 is 0 Å². The number of hydrogen-bond acceptors (Lipinski definition) is 0. The Kier molecular flexibility index (Phi) is 8.65. The molecule has 0 aromatic heterocycles. The minimum absolute atomic E-state index is 1.20. The van der Waals surface area contributed by atoms with Crippen molar-refractivity contribution in [2.24, 2.45) is 0 Å². The van der Waals surface area contributed by atoms with Crippen LogP contribution < -0.4 is 0 Å². The van der Waals surface area contributed by atoms with Gasteiger partial charge in [-0.15, -0.1) is 0 Å². The largest absolute Gasteiger partial charge is 0.0622 e. The van der Waals surface area contributed by atoms with Crippen molar-refractivity contribution in [2.75, 3.05) is 0 Å². The first kappa shape index (κ1) is 41.6. The molecule has 348 valence electrons. The van der Waals surface area contributed by atoms with Crippen molar-refractivity contribution in [2.45, 2.75) is 0 Å². The van der Waals surface area contributed by atoms with E-state index >= 15 is 0 Å². The SMILES string of the molecule is c1ccc(-c2cc(-c3ccccc3)cc(-c3c4cc5c(cc4c(-c4cc(-c6ccccc6)cc(-c6ccccc6)c4)c4c6cc7ccccc7c7cccc(c34)c76)c3ccc4ccc6cccc7cc5c3c4c67)c2)cc1. The third kappa shape index (κ3) is 5.96. The highest BCUT2D eigenvalue weighted by atomic mass is 14.3. The van der Waals surface area contributed by atoms with E-state index in [1.165, 1.54) is 174 Å². The Morgan fingerprint density at radius 3 is 1.11 bits per heavy atom. The van der Waals surface area contributed by atoms with Gasteiger partial charge < -0.3 is 0 Å². The Morgan fingerprint density at radius 2 is 0.526 bits per heavy atom. The zero-order valence-corrected chi connectivity index (χ0v) is 41.4. The summed E-state index contributed by atoms with van der Waals surface area (Å²) in [5.74, 6) is 0. The summed E-state index contributed by atoms with van der Waals surface area (Å²) >= 11 is 0. The molecule has 0 saturated heterocycles. The van der Waals surface area contributed by atoms with Gasteiger partial charge in [0.15, 0.2) is 0 Å². The summed E-state index contributed by atoms with van der Waals surface area (Å²) in [6.07, 6.45) is 0. The molecule has 0 heteroatoms. The Hall–Kier alpha value is -9.88. The molecule has 0 fully saturated rings. The normalized spacial score (nSPS) is 12.2. The molecule has 0 N–H and O–H groups in total. The molecule has 17 aromatic carbocycles. The first-order chi connectivity index (χ1) is 37.7. The molecule has 0 spiro atoms. The molecule has 0 atom stereocenters. The number of rotatable bonds is 6. The maximum Gasteiger partial charge on any atom is -0.000718 e. The van der Waals surface area contributed by atoms with Gasteiger partial charge in [0, 0.05) is 0 Å². The van der Waals surface area contributed by atoms with Gasteiger partial charge in [-0.05, 0) is 235 Å². The van der Waals surface area contributed by atoms with E-state index in [-0.39, 0.29) is 0 Å². The molecule has 0 unspecified atom stereocenters. The fourth-order valence-electron chi connectivity index (χ4n) is 13.7. The quantitative estimate of drug-likeness (QED) is 0.146. The molecular formula is C76H44. The molecular weight excluding hydrogens is 913 g/mol. The molecule has 17 aromatic rings. The lowest BCUT2D eigenvalue weighted by atomic mass is 9.83. The maximum absolute atomic E-state index is 2.60. The van der Waals surface area contributed by atoms with E-state index in [2.05, 4.69) is 267 Å². The Bertz CT molecular complexity index is 5050. The van der Waals surface area contributed by atoms with E-state index < -0.39 is 0 Å². The average molecular weight is 957 g/mol. The zero-order chi connectivity index (χ0) is 49.6. The zero-order valence-electron chi connectivity index (χ0n) is 41.4. The van der Waals surface area contributed by atoms with Gasteiger partial charge in [0.25, 0.3) is 0 Å². The molecule has 0 nitrogen and oxygen atoms in total. The average Bonchev–Trinajstić information content (AvgIpc) is 4.21. The highest BCUT2D eigenvalue weighted by molar-refractivity contribution is 6.45. The van der Waals surface area contributed by atoms with Crippen LogP contribution >= 0.6 is 0 Å². The fraction of sp³-hybridized carbons (Fsp3) is 0. The molecule has 0 aliphatic rings. The lowest BCUT2D eigenvalue weighted by molar-refractivity contribution is 1.58. The van der Waals surface area contributed by atoms with Gasteiger partial charge in [-0.2, -0.15) is 0 Å². The number of hydrogen-bond donors (Lipinski definition) is 0. The van der Waals surface area contributed by atoms with Crippen molar-refractivity contribution in [1.29, 1.82) is 0 Å². The van der Waals surface area contributed by atoms with Gasteiger partial charge in [-0.3, -0.25) is 0 Å². The molecule has 0 aliphatic carbocycles. The van der Waals surface area contributed by atoms with Crippen LogP contribution in [0.5, 0.6) is 0 Å². The van der Waals surface area contributed by atoms with Crippen molar-refractivity contribution >= 4 is 108 Å². The first-order valence-corrected chi connectivity index (χ1v) is 26.6. The second kappa shape index (κ2) is 15.8. The van der Waals surface area contributed by atoms with Gasteiger partial charge in [0.05, 0.1) is 0 Å². The summed E-state index contributed by atoms with van der Waals surface area (Å²) in [6, 6.07) is 101. The van der Waals surface area contributed by atoms with Crippen LogP contribution in [0.1, 0.15) is 0 Å². The highest BCUT2D eigenvalue weighted by Gasteiger charge is 2.28. The van der Waals surface area contributed by atoms with Crippen LogP contribution in [0.25, 0.3) is 174 Å². The Morgan fingerprint density at radius 1 is 0.132 bits per heavy atom. The topological polar surface area (TPSA) is 0 Å². The highest BCUT2D eigenvalue weighted by Crippen LogP contribution is 2.56. The summed E-state index contributed by atoms with van der Waals surface area (Å²) in [4.78, 5) is 0. The van der Waals surface area contributed by atoms with E-state index in [1.54, 1.807) is 0 Å². The smallest absolute Gasteiger partial charge is 0.000718 e. The minimum atomic E-state index is 1.20. The van der Waals surface area contributed by atoms with E-state index in [4.69, 9.17) is 0 Å². The summed E-state index contributed by atoms with van der Waals surface area (Å²) in [7, 11) is 0. The lowest BCUT2D eigenvalue weighted by Crippen LogP contribution is -1.93. The van der Waals surface area contributed by atoms with Crippen LogP contribution in [0, 0.1) is 0 Å². The van der Waals surface area contributed by atoms with Gasteiger partial charge in [0.1, 0.15) is 0 Å². The van der Waals surface area contributed by atoms with Crippen molar-refractivity contribution in [3.63, 3.8) is 0 Å². The van der Waals surface area contributed by atoms with Crippen LogP contribution in [0.2, 0.25) is 0 Å². The van der Waals surface area contributed by atoms with Crippen LogP contribution in [-0.4, -0.2) is 0 Å². The predicted molar refractivity (Wildman–Crippen MR) is 328 cm³/mol. The number of benzene rings is 15. The van der Waals surface area contributed by atoms with Gasteiger partial charge in [-0.1, -0.05) is 206 Å². The third-order valence-electron chi connectivity index (χ3n) is 16.9. The summed E-state index contributed by atoms with van der Waals surface area (Å²) in [5.41, 5.74) is 14.5. The van der Waals surface area contributed by atoms with E-state index in [9.17, 15) is 0 Å². The predicted octanol–water partition coefficient (Wildman–Crippen LogP) is 21.5. The summed E-state index contributed by atoms with van der Waals surface area (Å²) in [6.45, 7) is 0. The molecule has 76 heavy (non-hydrogen) atoms. The van der Waals surface area contributed by atoms with Gasteiger partial charge in [0.2, 0.25) is 0 Å². The second-order valence-electron chi connectivity index (χ2n) is 21.0. The van der Waals surface area contributed by atoms with Crippen molar-refractivity contribution in [3.8, 4) is 66.8 Å². The summed E-state index contributed by atoms with van der Waals surface area (Å²) < 4.78 is 0. The lowest BCUT2D eigenvalue weighted by Gasteiger charge is -2.20. The standard InChI is InChI=1S/C76H44/c1-5-17-45(18-6-1)53-35-54(46-19-7-2-8-20-46)38-57(37-53)70-67-44-64-63(61-34-33-50-32-31-49-26-15-27-52-42-65(64)74(61)72(50)69(49)52)43-66(67)71(58-39-55(47-21-9-3-10-22-47)36-56(40-58)48-23-11-4-12-24-48)76-68-41-51-25-13-14-28-59(51)60-29-16-30-62(73(60)68)75(70)76/h1-44H. The van der Waals surface area contributed by atoms with Crippen molar-refractivity contribution in [3.05, 3.63) is 267 Å². The Labute approximate surface area is 439 Å². The molecule has 0 radical (unpaired) electrons. The Balaban J connectivity index is 1.13. The first-order valence-electron chi connectivity index (χ1n) is 26.6. The van der Waals surface area contributed by atoms with Crippen LogP contribution in [0.4, 0.5) is 0 Å². The van der Waals surface area contributed by atoms with Crippen molar-refractivity contribution in [1.82, 2.24) is 0 Å². The molecule has 17 rings (SSSR count). The van der Waals surface area contributed by atoms with Gasteiger partial charge >= 0.3 is 0 Å². The minimum Gasteiger partial charge on any atom is -0.0622 e. The molecule has 0 heterocycles. The maximum atomic E-state index is 2.60. The monoisotopic (exact) mass is 956 g/mol. The fourth-order valence-corrected chi connectivity index (χ4v) is 13.7. The van der Waals surface area contributed by atoms with E-state index in [0.29, 0.717) is 0 Å². The number of fused-ring (bicyclic) bond motifs is 9. The summed E-state index contributed by atoms with van der Waals surface area (Å²) in [5, 5.41) is 25.9. The molecule has 0 saturated carbocycles. The van der Waals surface area contributed by atoms with E-state index in [0.717, 1.165) is 0 Å². The molecule has 0 bridgehead atoms. The second-order valence-corrected chi connectivity index (χ2v) is 21.0. The van der Waals surface area contributed by atoms with E-state index in [1.807, 2.05) is 0 Å². The molecule has 0 aliphatic heterocycles. The molecule has 0 amide bonds.